The van der Waals surface area contributed by atoms with E-state index in [2.05, 4.69) is 9.97 Å². The molecule has 1 aromatic heterocycles. The highest BCUT2D eigenvalue weighted by Crippen LogP contribution is 2.42. The number of benzene rings is 1. The molecule has 1 saturated carbocycles. The number of nitrogens with zero attached hydrogens (tertiary/aromatic N) is 2. The van der Waals surface area contributed by atoms with Crippen LogP contribution in [0.1, 0.15) is 44.4 Å². The fourth-order valence-electron chi connectivity index (χ4n) is 4.55. The molecule has 1 fully saturated rings. The lowest BCUT2D eigenvalue weighted by Crippen LogP contribution is -2.19. The van der Waals surface area contributed by atoms with Gasteiger partial charge in [0.1, 0.15) is 18.0 Å². The second kappa shape index (κ2) is 10.5. The minimum atomic E-state index is -4.99. The molecular formula is C23H28F2N3O6PS. The monoisotopic (exact) mass is 543 g/mol. The van der Waals surface area contributed by atoms with E-state index < -0.39 is 47.0 Å². The molecule has 196 valence electrons. The Morgan fingerprint density at radius 3 is 2.28 bits per heavy atom. The molecule has 9 nitrogen and oxygen atoms in total. The zero-order valence-corrected chi connectivity index (χ0v) is 21.7. The molecule has 0 spiro atoms. The molecule has 13 heteroatoms. The maximum atomic E-state index is 14.0. The zero-order valence-electron chi connectivity index (χ0n) is 20.0. The number of aryl methyl sites for hydroxylation is 1. The van der Waals surface area contributed by atoms with Crippen molar-refractivity contribution in [3.63, 3.8) is 0 Å². The lowest BCUT2D eigenvalue weighted by Gasteiger charge is -2.20. The molecule has 36 heavy (non-hydrogen) atoms. The highest BCUT2D eigenvalue weighted by atomic mass is 32.2. The number of hydrogen-bond acceptors (Lipinski definition) is 6. The van der Waals surface area contributed by atoms with E-state index in [0.717, 1.165) is 6.26 Å². The van der Waals surface area contributed by atoms with Gasteiger partial charge in [0.25, 0.3) is 0 Å². The van der Waals surface area contributed by atoms with Gasteiger partial charge in [-0.15, -0.1) is 0 Å². The molecule has 0 aliphatic heterocycles. The second-order valence-corrected chi connectivity index (χ2v) is 12.2. The summed E-state index contributed by atoms with van der Waals surface area (Å²) in [6.45, 7) is 3.45. The predicted octanol–water partition coefficient (Wildman–Crippen LogP) is 2.65. The molecule has 1 aliphatic rings. The van der Waals surface area contributed by atoms with E-state index in [1.54, 1.807) is 13.8 Å². The Morgan fingerprint density at radius 1 is 1.19 bits per heavy atom. The van der Waals surface area contributed by atoms with Gasteiger partial charge in [-0.3, -0.25) is 9.36 Å². The van der Waals surface area contributed by atoms with Crippen LogP contribution in [0.3, 0.4) is 0 Å². The summed E-state index contributed by atoms with van der Waals surface area (Å²) in [5.74, 6) is -1.47. The predicted molar refractivity (Wildman–Crippen MR) is 131 cm³/mol. The van der Waals surface area contributed by atoms with Crippen LogP contribution in [0.15, 0.2) is 34.9 Å². The van der Waals surface area contributed by atoms with Crippen LogP contribution in [0.25, 0.3) is 16.8 Å². The topological polar surface area (TPSA) is 161 Å². The molecule has 0 bridgehead atoms. The van der Waals surface area contributed by atoms with Gasteiger partial charge in [-0.1, -0.05) is 25.5 Å². The summed E-state index contributed by atoms with van der Waals surface area (Å²) in [5, 5.41) is 0. The van der Waals surface area contributed by atoms with Crippen molar-refractivity contribution < 1.29 is 36.3 Å². The first kappa shape index (κ1) is 28.0. The van der Waals surface area contributed by atoms with Gasteiger partial charge in [-0.2, -0.15) is 0 Å². The van der Waals surface area contributed by atoms with Crippen LogP contribution >= 0.6 is 7.60 Å². The van der Waals surface area contributed by atoms with Gasteiger partial charge in [0.15, 0.2) is 15.3 Å². The van der Waals surface area contributed by atoms with Crippen molar-refractivity contribution in [1.82, 2.24) is 9.97 Å². The minimum Gasteiger partial charge on any atom is -0.366 e. The molecule has 2 aromatic rings. The third-order valence-corrected chi connectivity index (χ3v) is 8.25. The zero-order chi connectivity index (χ0) is 27.0. The molecule has 1 aromatic carbocycles. The van der Waals surface area contributed by atoms with Crippen LogP contribution in [-0.4, -0.2) is 52.7 Å². The van der Waals surface area contributed by atoms with E-state index in [4.69, 9.17) is 5.73 Å². The van der Waals surface area contributed by atoms with Gasteiger partial charge < -0.3 is 15.5 Å². The Labute approximate surface area is 207 Å². The second-order valence-electron chi connectivity index (χ2n) is 8.73. The van der Waals surface area contributed by atoms with E-state index in [1.807, 2.05) is 0 Å². The third-order valence-electron chi connectivity index (χ3n) is 6.22. The van der Waals surface area contributed by atoms with Crippen molar-refractivity contribution in [2.45, 2.75) is 56.8 Å². The van der Waals surface area contributed by atoms with Gasteiger partial charge >= 0.3 is 7.60 Å². The van der Waals surface area contributed by atoms with E-state index >= 15 is 0 Å². The summed E-state index contributed by atoms with van der Waals surface area (Å²) in [4.78, 5) is 40.2. The number of rotatable bonds is 8. The van der Waals surface area contributed by atoms with E-state index in [0.29, 0.717) is 17.7 Å². The standard InChI is InChI=1S/C23H28F2N3O6PS/c1-4-14-11-27-23(35(30,31)32)21(28-14)16-8-12(6-7-19(16)36(3,33)34)20(22(26)29)15(5-2)13-9-17(24)18(25)10-13/h6-8,11,13,17-18H,4-5,9-10H2,1-3H3,(H2,26,29)(H2,30,31,32)/t13?,17-,18+. The van der Waals surface area contributed by atoms with E-state index in [9.17, 15) is 36.3 Å². The average Bonchev–Trinajstić information content (AvgIpc) is 3.12. The van der Waals surface area contributed by atoms with Crippen LogP contribution in [0.4, 0.5) is 8.78 Å². The first-order valence-corrected chi connectivity index (χ1v) is 14.8. The number of carbonyl (C=O) groups excluding carboxylic acids is 1. The molecule has 3 rings (SSSR count). The summed E-state index contributed by atoms with van der Waals surface area (Å²) in [7, 11) is -8.93. The fourth-order valence-corrected chi connectivity index (χ4v) is 6.08. The quantitative estimate of drug-likeness (QED) is 0.338. The molecule has 1 aliphatic carbocycles. The third kappa shape index (κ3) is 5.72. The summed E-state index contributed by atoms with van der Waals surface area (Å²) in [5.41, 5.74) is 5.32. The summed E-state index contributed by atoms with van der Waals surface area (Å²) in [6, 6.07) is 3.77. The fraction of sp³-hybridized carbons (Fsp3) is 0.435. The summed E-state index contributed by atoms with van der Waals surface area (Å²) >= 11 is 0. The lowest BCUT2D eigenvalue weighted by molar-refractivity contribution is -0.112. The Balaban J connectivity index is 2.38. The normalized spacial score (nSPS) is 21.4. The minimum absolute atomic E-state index is 0.0255. The Morgan fingerprint density at radius 2 is 1.81 bits per heavy atom. The number of alkyl halides is 2. The number of sulfone groups is 1. The Bertz CT molecular complexity index is 1370. The van der Waals surface area contributed by atoms with E-state index in [1.165, 1.54) is 24.4 Å². The molecule has 0 saturated heterocycles. The van der Waals surface area contributed by atoms with Crippen molar-refractivity contribution in [1.29, 1.82) is 0 Å². The smallest absolute Gasteiger partial charge is 0.366 e. The highest BCUT2D eigenvalue weighted by molar-refractivity contribution is 7.90. The molecule has 3 atom stereocenters. The van der Waals surface area contributed by atoms with Gasteiger partial charge in [0, 0.05) is 23.6 Å². The van der Waals surface area contributed by atoms with Crippen LogP contribution in [0.5, 0.6) is 0 Å². The molecule has 1 heterocycles. The first-order valence-electron chi connectivity index (χ1n) is 11.3. The van der Waals surface area contributed by atoms with Gasteiger partial charge in [-0.25, -0.2) is 27.2 Å². The maximum absolute atomic E-state index is 14.0. The Kier molecular flexibility index (Phi) is 8.14. The molecule has 1 unspecified atom stereocenters. The molecule has 0 radical (unpaired) electrons. The highest BCUT2D eigenvalue weighted by Gasteiger charge is 2.38. The van der Waals surface area contributed by atoms with Crippen LogP contribution < -0.4 is 11.2 Å². The largest absolute Gasteiger partial charge is 0.376 e. The SMILES string of the molecule is CCC(=C(C(N)=O)c1ccc(S(C)(=O)=O)c(-c2nc(CC)cnc2P(=O)(O)O)c1)C1C[C@@H](F)[C@@H](F)C1. The Hall–Kier alpha value is -2.53. The number of nitrogens with two attached hydrogens (primary N) is 1. The molecule has 1 amide bonds. The van der Waals surface area contributed by atoms with Gasteiger partial charge in [0.2, 0.25) is 5.91 Å². The van der Waals surface area contributed by atoms with E-state index in [-0.39, 0.29) is 46.6 Å². The van der Waals surface area contributed by atoms with Crippen molar-refractivity contribution in [3.8, 4) is 11.3 Å². The maximum Gasteiger partial charge on any atom is 0.376 e. The van der Waals surface area contributed by atoms with Crippen LogP contribution in [-0.2, 0) is 25.6 Å². The summed E-state index contributed by atoms with van der Waals surface area (Å²) < 4.78 is 65.3. The molecular weight excluding hydrogens is 515 g/mol. The molecule has 4 N–H and O–H groups in total. The number of hydrogen-bond donors (Lipinski definition) is 3. The average molecular weight is 544 g/mol. The number of primary amides is 1. The summed E-state index contributed by atoms with van der Waals surface area (Å²) in [6.07, 6.45) is -0.888. The van der Waals surface area contributed by atoms with Crippen LogP contribution in [0, 0.1) is 5.92 Å². The van der Waals surface area contributed by atoms with Gasteiger partial charge in [-0.05, 0) is 49.3 Å². The van der Waals surface area contributed by atoms with Crippen molar-refractivity contribution in [2.24, 2.45) is 11.7 Å². The van der Waals surface area contributed by atoms with Crippen LogP contribution in [0.2, 0.25) is 0 Å². The van der Waals surface area contributed by atoms with Gasteiger partial charge in [0.05, 0.1) is 10.6 Å². The van der Waals surface area contributed by atoms with Crippen molar-refractivity contribution >= 4 is 34.3 Å². The van der Waals surface area contributed by atoms with Crippen molar-refractivity contribution in [2.75, 3.05) is 6.26 Å². The van der Waals surface area contributed by atoms with Crippen molar-refractivity contribution in [3.05, 3.63) is 41.2 Å². The number of carbonyl (C=O) groups is 1. The lowest BCUT2D eigenvalue weighted by atomic mass is 9.86. The number of halogens is 2. The number of aromatic nitrogens is 2. The first-order chi connectivity index (χ1) is 16.7. The number of amides is 1. The number of allylic oxidation sites excluding steroid dienone is 1.